The van der Waals surface area contributed by atoms with Gasteiger partial charge < -0.3 is 20.1 Å². The van der Waals surface area contributed by atoms with Crippen LogP contribution in [0, 0.1) is 5.82 Å². The fraction of sp³-hybridized carbons (Fsp3) is 0.208. The summed E-state index contributed by atoms with van der Waals surface area (Å²) in [4.78, 5) is 13.5. The molecule has 0 bridgehead atoms. The summed E-state index contributed by atoms with van der Waals surface area (Å²) < 4.78 is 24.5. The van der Waals surface area contributed by atoms with Crippen molar-refractivity contribution in [3.05, 3.63) is 77.7 Å². The first-order valence-electron chi connectivity index (χ1n) is 10.2. The van der Waals surface area contributed by atoms with Crippen LogP contribution in [0.4, 0.5) is 16.2 Å². The normalized spacial score (nSPS) is 10.7. The molecule has 2 heterocycles. The van der Waals surface area contributed by atoms with Gasteiger partial charge in [-0.3, -0.25) is 0 Å². The zero-order valence-corrected chi connectivity index (χ0v) is 17.9. The standard InChI is InChI=1S/C24H24FN5O2/c1-31-20-10-9-16(14-21(20)32-2)15-28-23-18-7-5-12-26-22(18)29-24(30-23)27-13-11-17-6-3-4-8-19(17)25/h3-10,12,14H,11,13,15H2,1-2H3,(H2,26,27,28,29,30). The maximum absolute atomic E-state index is 13.9. The van der Waals surface area contributed by atoms with Crippen LogP contribution in [0.1, 0.15) is 11.1 Å². The first-order chi connectivity index (χ1) is 15.7. The molecule has 0 aliphatic carbocycles. The van der Waals surface area contributed by atoms with E-state index in [1.807, 2.05) is 36.4 Å². The van der Waals surface area contributed by atoms with E-state index in [0.29, 0.717) is 54.0 Å². The van der Waals surface area contributed by atoms with Gasteiger partial charge in [0.25, 0.3) is 0 Å². The van der Waals surface area contributed by atoms with Crippen molar-refractivity contribution in [1.82, 2.24) is 15.0 Å². The minimum Gasteiger partial charge on any atom is -0.493 e. The molecule has 0 spiro atoms. The van der Waals surface area contributed by atoms with E-state index in [0.717, 1.165) is 10.9 Å². The van der Waals surface area contributed by atoms with Gasteiger partial charge in [0.2, 0.25) is 5.95 Å². The van der Waals surface area contributed by atoms with Crippen molar-refractivity contribution in [2.45, 2.75) is 13.0 Å². The Kier molecular flexibility index (Phi) is 6.60. The Balaban J connectivity index is 1.51. The van der Waals surface area contributed by atoms with Crippen LogP contribution in [-0.2, 0) is 13.0 Å². The maximum atomic E-state index is 13.9. The van der Waals surface area contributed by atoms with Gasteiger partial charge in [-0.05, 0) is 47.9 Å². The summed E-state index contributed by atoms with van der Waals surface area (Å²) in [7, 11) is 3.22. The Morgan fingerprint density at radius 2 is 1.75 bits per heavy atom. The van der Waals surface area contributed by atoms with E-state index in [2.05, 4.69) is 25.6 Å². The Morgan fingerprint density at radius 1 is 0.906 bits per heavy atom. The zero-order valence-electron chi connectivity index (χ0n) is 17.9. The fourth-order valence-electron chi connectivity index (χ4n) is 3.36. The SMILES string of the molecule is COc1ccc(CNc2nc(NCCc3ccccc3F)nc3ncccc23)cc1OC. The number of nitrogens with zero attached hydrogens (tertiary/aromatic N) is 3. The topological polar surface area (TPSA) is 81.2 Å². The third-order valence-corrected chi connectivity index (χ3v) is 5.01. The number of fused-ring (bicyclic) bond motifs is 1. The van der Waals surface area contributed by atoms with Crippen molar-refractivity contribution in [3.63, 3.8) is 0 Å². The molecule has 164 valence electrons. The Bertz CT molecular complexity index is 1220. The Labute approximate surface area is 185 Å². The van der Waals surface area contributed by atoms with Gasteiger partial charge >= 0.3 is 0 Å². The summed E-state index contributed by atoms with van der Waals surface area (Å²) in [6.45, 7) is 1.02. The number of halogens is 1. The van der Waals surface area contributed by atoms with Gasteiger partial charge in [0.05, 0.1) is 19.6 Å². The van der Waals surface area contributed by atoms with Crippen molar-refractivity contribution in [2.24, 2.45) is 0 Å². The molecule has 0 saturated heterocycles. The molecule has 4 aromatic rings. The molecule has 4 rings (SSSR count). The number of hydrogen-bond donors (Lipinski definition) is 2. The van der Waals surface area contributed by atoms with Gasteiger partial charge in [0.1, 0.15) is 11.6 Å². The van der Waals surface area contributed by atoms with Gasteiger partial charge in [-0.25, -0.2) is 9.37 Å². The van der Waals surface area contributed by atoms with Crippen molar-refractivity contribution in [2.75, 3.05) is 31.4 Å². The third-order valence-electron chi connectivity index (χ3n) is 5.01. The van der Waals surface area contributed by atoms with E-state index in [-0.39, 0.29) is 5.82 Å². The minimum atomic E-state index is -0.215. The average Bonchev–Trinajstić information content (AvgIpc) is 2.83. The van der Waals surface area contributed by atoms with Crippen LogP contribution in [0.2, 0.25) is 0 Å². The molecule has 7 nitrogen and oxygen atoms in total. The number of hydrogen-bond acceptors (Lipinski definition) is 7. The second-order valence-corrected chi connectivity index (χ2v) is 7.08. The van der Waals surface area contributed by atoms with E-state index >= 15 is 0 Å². The second-order valence-electron chi connectivity index (χ2n) is 7.08. The van der Waals surface area contributed by atoms with Gasteiger partial charge in [-0.2, -0.15) is 9.97 Å². The van der Waals surface area contributed by atoms with Crippen LogP contribution in [0.5, 0.6) is 11.5 Å². The smallest absolute Gasteiger partial charge is 0.226 e. The quantitative estimate of drug-likeness (QED) is 0.404. The maximum Gasteiger partial charge on any atom is 0.226 e. The average molecular weight is 433 g/mol. The van der Waals surface area contributed by atoms with Gasteiger partial charge in [-0.15, -0.1) is 0 Å². The molecule has 32 heavy (non-hydrogen) atoms. The predicted molar refractivity (Wildman–Crippen MR) is 123 cm³/mol. The minimum absolute atomic E-state index is 0.215. The number of anilines is 2. The number of methoxy groups -OCH3 is 2. The van der Waals surface area contributed by atoms with Crippen LogP contribution >= 0.6 is 0 Å². The highest BCUT2D eigenvalue weighted by Gasteiger charge is 2.10. The molecular formula is C24H24FN5O2. The number of benzene rings is 2. The van der Waals surface area contributed by atoms with Crippen molar-refractivity contribution in [1.29, 1.82) is 0 Å². The number of nitrogens with one attached hydrogen (secondary N) is 2. The first-order valence-corrected chi connectivity index (χ1v) is 10.2. The van der Waals surface area contributed by atoms with Gasteiger partial charge in [0, 0.05) is 19.3 Å². The summed E-state index contributed by atoms with van der Waals surface area (Å²) in [5.41, 5.74) is 2.23. The predicted octanol–water partition coefficient (Wildman–Crippen LogP) is 4.45. The molecular weight excluding hydrogens is 409 g/mol. The molecule has 0 aliphatic heterocycles. The summed E-state index contributed by atoms with van der Waals surface area (Å²) >= 11 is 0. The number of rotatable bonds is 9. The molecule has 0 unspecified atom stereocenters. The Hall–Kier alpha value is -3.94. The number of pyridine rings is 1. The summed E-state index contributed by atoms with van der Waals surface area (Å²) in [6.07, 6.45) is 2.21. The highest BCUT2D eigenvalue weighted by Crippen LogP contribution is 2.28. The first kappa shape index (κ1) is 21.3. The van der Waals surface area contributed by atoms with Gasteiger partial charge in [-0.1, -0.05) is 24.3 Å². The monoisotopic (exact) mass is 433 g/mol. The molecule has 0 fully saturated rings. The molecule has 2 N–H and O–H groups in total. The van der Waals surface area contributed by atoms with E-state index in [1.165, 1.54) is 6.07 Å². The molecule has 0 atom stereocenters. The fourth-order valence-corrected chi connectivity index (χ4v) is 3.36. The van der Waals surface area contributed by atoms with E-state index in [9.17, 15) is 4.39 Å². The lowest BCUT2D eigenvalue weighted by Gasteiger charge is -2.13. The van der Waals surface area contributed by atoms with Crippen LogP contribution in [0.15, 0.2) is 60.8 Å². The molecule has 8 heteroatoms. The van der Waals surface area contributed by atoms with Crippen LogP contribution in [-0.4, -0.2) is 35.7 Å². The van der Waals surface area contributed by atoms with Crippen molar-refractivity contribution >= 4 is 22.8 Å². The lowest BCUT2D eigenvalue weighted by Crippen LogP contribution is -2.11. The van der Waals surface area contributed by atoms with E-state index in [4.69, 9.17) is 9.47 Å². The highest BCUT2D eigenvalue weighted by molar-refractivity contribution is 5.87. The molecule has 2 aromatic heterocycles. The van der Waals surface area contributed by atoms with Crippen LogP contribution in [0.3, 0.4) is 0 Å². The lowest BCUT2D eigenvalue weighted by molar-refractivity contribution is 0.354. The largest absolute Gasteiger partial charge is 0.493 e. The van der Waals surface area contributed by atoms with Gasteiger partial charge in [0.15, 0.2) is 17.1 Å². The summed E-state index contributed by atoms with van der Waals surface area (Å²) in [6, 6.07) is 16.3. The van der Waals surface area contributed by atoms with Crippen LogP contribution in [0.25, 0.3) is 11.0 Å². The molecule has 0 aliphatic rings. The molecule has 0 amide bonds. The van der Waals surface area contributed by atoms with E-state index < -0.39 is 0 Å². The Morgan fingerprint density at radius 3 is 2.56 bits per heavy atom. The molecule has 0 saturated carbocycles. The lowest BCUT2D eigenvalue weighted by atomic mass is 10.1. The van der Waals surface area contributed by atoms with Crippen molar-refractivity contribution in [3.8, 4) is 11.5 Å². The highest BCUT2D eigenvalue weighted by atomic mass is 19.1. The summed E-state index contributed by atoms with van der Waals surface area (Å²) in [5, 5.41) is 7.35. The number of ether oxygens (including phenoxy) is 2. The second kappa shape index (κ2) is 9.91. The molecule has 2 aromatic carbocycles. The molecule has 0 radical (unpaired) electrons. The third kappa shape index (κ3) is 4.85. The van der Waals surface area contributed by atoms with Crippen molar-refractivity contribution < 1.29 is 13.9 Å². The van der Waals surface area contributed by atoms with Crippen LogP contribution < -0.4 is 20.1 Å². The summed E-state index contributed by atoms with van der Waals surface area (Å²) in [5.74, 6) is 2.21. The number of aromatic nitrogens is 3. The zero-order chi connectivity index (χ0) is 22.3. The van der Waals surface area contributed by atoms with E-state index in [1.54, 1.807) is 32.5 Å².